The summed E-state index contributed by atoms with van der Waals surface area (Å²) < 4.78 is 22.5. The number of aliphatic imine (C=N–C) groups is 1. The number of rotatable bonds is 7. The van der Waals surface area contributed by atoms with E-state index in [2.05, 4.69) is 46.8 Å². The van der Waals surface area contributed by atoms with Crippen LogP contribution in [0.5, 0.6) is 0 Å². The molecule has 1 rings (SSSR count). The van der Waals surface area contributed by atoms with Gasteiger partial charge in [0.25, 0.3) is 0 Å². The van der Waals surface area contributed by atoms with Crippen molar-refractivity contribution in [3.8, 4) is 0 Å². The van der Waals surface area contributed by atoms with Crippen molar-refractivity contribution in [1.29, 1.82) is 0 Å². The van der Waals surface area contributed by atoms with Gasteiger partial charge in [0.2, 0.25) is 0 Å². The normalized spacial score (nSPS) is 13.9. The number of aromatic nitrogens is 1. The van der Waals surface area contributed by atoms with Crippen LogP contribution < -0.4 is 10.6 Å². The van der Waals surface area contributed by atoms with Gasteiger partial charge in [-0.1, -0.05) is 20.8 Å². The number of nitrogens with zero attached hydrogens (tertiary/aromatic N) is 2. The Labute approximate surface area is 173 Å². The van der Waals surface area contributed by atoms with E-state index < -0.39 is 9.84 Å². The van der Waals surface area contributed by atoms with Gasteiger partial charge in [-0.25, -0.2) is 18.4 Å². The summed E-state index contributed by atoms with van der Waals surface area (Å²) in [7, 11) is -2.94. The number of hydrogen-bond acceptors (Lipinski definition) is 5. The first-order valence-corrected chi connectivity index (χ1v) is 11.1. The Morgan fingerprint density at radius 2 is 2.04 bits per heavy atom. The number of sulfone groups is 1. The van der Waals surface area contributed by atoms with E-state index in [0.29, 0.717) is 18.9 Å². The van der Waals surface area contributed by atoms with E-state index in [-0.39, 0.29) is 41.2 Å². The Hall–Kier alpha value is -0.420. The Balaban J connectivity index is 0.00000576. The molecule has 0 amide bonds. The maximum atomic E-state index is 11.3. The third kappa shape index (κ3) is 10.3. The van der Waals surface area contributed by atoms with Crippen LogP contribution in [0.25, 0.3) is 0 Å². The topological polar surface area (TPSA) is 83.4 Å². The van der Waals surface area contributed by atoms with Crippen molar-refractivity contribution in [2.75, 3.05) is 18.6 Å². The lowest BCUT2D eigenvalue weighted by molar-refractivity contribution is 0.570. The summed E-state index contributed by atoms with van der Waals surface area (Å²) in [6.45, 7) is 11.6. The largest absolute Gasteiger partial charge is 0.357 e. The lowest BCUT2D eigenvalue weighted by atomic mass is 9.93. The van der Waals surface area contributed by atoms with Gasteiger partial charge in [0, 0.05) is 29.6 Å². The van der Waals surface area contributed by atoms with Gasteiger partial charge in [0.15, 0.2) is 5.96 Å². The van der Waals surface area contributed by atoms with E-state index >= 15 is 0 Å². The molecule has 0 spiro atoms. The first-order valence-electron chi connectivity index (χ1n) is 8.18. The van der Waals surface area contributed by atoms with Crippen LogP contribution in [0.15, 0.2) is 10.4 Å². The third-order valence-electron chi connectivity index (χ3n) is 3.34. The predicted molar refractivity (Wildman–Crippen MR) is 118 cm³/mol. The summed E-state index contributed by atoms with van der Waals surface area (Å²) in [4.78, 5) is 9.19. The third-order valence-corrected chi connectivity index (χ3v) is 5.15. The molecule has 0 aliphatic heterocycles. The lowest BCUT2D eigenvalue weighted by Crippen LogP contribution is -2.42. The highest BCUT2D eigenvalue weighted by atomic mass is 127. The van der Waals surface area contributed by atoms with Crippen LogP contribution in [0.2, 0.25) is 0 Å². The van der Waals surface area contributed by atoms with Crippen molar-refractivity contribution in [3.05, 3.63) is 16.1 Å². The van der Waals surface area contributed by atoms with Crippen LogP contribution in [0.1, 0.15) is 51.7 Å². The van der Waals surface area contributed by atoms with Crippen LogP contribution in [-0.4, -0.2) is 44.0 Å². The fourth-order valence-corrected chi connectivity index (χ4v) is 3.62. The molecule has 9 heteroatoms. The van der Waals surface area contributed by atoms with Gasteiger partial charge in [-0.2, -0.15) is 0 Å². The van der Waals surface area contributed by atoms with Gasteiger partial charge >= 0.3 is 0 Å². The minimum absolute atomic E-state index is 0. The summed E-state index contributed by atoms with van der Waals surface area (Å²) >= 11 is 1.62. The van der Waals surface area contributed by atoms with Crippen molar-refractivity contribution in [3.63, 3.8) is 0 Å². The Bertz CT molecular complexity index is 651. The number of guanidine groups is 1. The average Bonchev–Trinajstić information content (AvgIpc) is 2.91. The SMILES string of the molecule is CCNC(=NCc1nc(C(C)(C)C)cs1)NC(C)CCS(C)(=O)=O.I. The summed E-state index contributed by atoms with van der Waals surface area (Å²) in [5.41, 5.74) is 1.12. The fourth-order valence-electron chi connectivity index (χ4n) is 1.89. The molecule has 0 aromatic carbocycles. The van der Waals surface area contributed by atoms with E-state index in [4.69, 9.17) is 0 Å². The quantitative estimate of drug-likeness (QED) is 0.341. The number of nitrogens with one attached hydrogen (secondary N) is 2. The summed E-state index contributed by atoms with van der Waals surface area (Å²) in [6, 6.07) is 0.0268. The number of thiazole rings is 1. The maximum Gasteiger partial charge on any atom is 0.191 e. The number of halogens is 1. The molecule has 1 unspecified atom stereocenters. The molecule has 2 N–H and O–H groups in total. The second-order valence-electron chi connectivity index (χ2n) is 7.04. The highest BCUT2D eigenvalue weighted by Crippen LogP contribution is 2.24. The molecular formula is C16H31IN4O2S2. The molecule has 1 atom stereocenters. The van der Waals surface area contributed by atoms with E-state index in [1.165, 1.54) is 6.26 Å². The minimum atomic E-state index is -2.94. The second kappa shape index (κ2) is 10.7. The van der Waals surface area contributed by atoms with Crippen molar-refractivity contribution in [2.45, 2.75) is 59.0 Å². The number of hydrogen-bond donors (Lipinski definition) is 2. The summed E-state index contributed by atoms with van der Waals surface area (Å²) in [6.07, 6.45) is 1.81. The molecule has 0 bridgehead atoms. The van der Waals surface area contributed by atoms with Gasteiger partial charge in [0.1, 0.15) is 14.8 Å². The molecule has 0 saturated heterocycles. The highest BCUT2D eigenvalue weighted by molar-refractivity contribution is 14.0. The minimum Gasteiger partial charge on any atom is -0.357 e. The smallest absolute Gasteiger partial charge is 0.191 e. The van der Waals surface area contributed by atoms with Crippen LogP contribution >= 0.6 is 35.3 Å². The molecular weight excluding hydrogens is 471 g/mol. The Kier molecular flexibility index (Phi) is 10.5. The maximum absolute atomic E-state index is 11.3. The van der Waals surface area contributed by atoms with E-state index in [9.17, 15) is 8.42 Å². The summed E-state index contributed by atoms with van der Waals surface area (Å²) in [5.74, 6) is 0.855. The molecule has 0 saturated carbocycles. The molecule has 0 radical (unpaired) electrons. The zero-order valence-corrected chi connectivity index (χ0v) is 19.9. The molecule has 1 heterocycles. The molecule has 6 nitrogen and oxygen atoms in total. The standard InChI is InChI=1S/C16H30N4O2S2.HI/c1-7-17-15(19-12(2)8-9-24(6,21)22)18-10-14-20-13(11-23-14)16(3,4)5;/h11-12H,7-10H2,1-6H3,(H2,17,18,19);1H. The lowest BCUT2D eigenvalue weighted by Gasteiger charge is -2.17. The highest BCUT2D eigenvalue weighted by Gasteiger charge is 2.17. The zero-order chi connectivity index (χ0) is 18.4. The van der Waals surface area contributed by atoms with E-state index in [1.807, 2.05) is 13.8 Å². The van der Waals surface area contributed by atoms with Gasteiger partial charge in [-0.15, -0.1) is 35.3 Å². The molecule has 1 aromatic rings. The molecule has 0 aliphatic rings. The van der Waals surface area contributed by atoms with Crippen LogP contribution in [0, 0.1) is 0 Å². The van der Waals surface area contributed by atoms with Gasteiger partial charge in [0.05, 0.1) is 18.0 Å². The van der Waals surface area contributed by atoms with Crippen LogP contribution in [0.4, 0.5) is 0 Å². The predicted octanol–water partition coefficient (Wildman–Crippen LogP) is 2.94. The van der Waals surface area contributed by atoms with E-state index in [1.54, 1.807) is 11.3 Å². The van der Waals surface area contributed by atoms with Gasteiger partial charge in [-0.05, 0) is 20.3 Å². The zero-order valence-electron chi connectivity index (χ0n) is 15.9. The van der Waals surface area contributed by atoms with Crippen molar-refractivity contribution in [2.24, 2.45) is 4.99 Å². The fraction of sp³-hybridized carbons (Fsp3) is 0.750. The molecule has 0 aliphatic carbocycles. The second-order valence-corrected chi connectivity index (χ2v) is 10.2. The monoisotopic (exact) mass is 502 g/mol. The molecule has 146 valence electrons. The first-order chi connectivity index (χ1) is 11.0. The molecule has 1 aromatic heterocycles. The first kappa shape index (κ1) is 24.6. The van der Waals surface area contributed by atoms with Gasteiger partial charge < -0.3 is 10.6 Å². The van der Waals surface area contributed by atoms with E-state index in [0.717, 1.165) is 17.2 Å². The van der Waals surface area contributed by atoms with Crippen LogP contribution in [0.3, 0.4) is 0 Å². The van der Waals surface area contributed by atoms with Crippen molar-refractivity contribution < 1.29 is 8.42 Å². The van der Waals surface area contributed by atoms with Crippen LogP contribution in [-0.2, 0) is 21.8 Å². The van der Waals surface area contributed by atoms with Crippen molar-refractivity contribution >= 4 is 51.1 Å². The Morgan fingerprint density at radius 3 is 2.52 bits per heavy atom. The summed E-state index contributed by atoms with van der Waals surface area (Å²) in [5, 5.41) is 9.49. The Morgan fingerprint density at radius 1 is 1.40 bits per heavy atom. The molecule has 25 heavy (non-hydrogen) atoms. The average molecular weight is 502 g/mol. The van der Waals surface area contributed by atoms with Gasteiger partial charge in [-0.3, -0.25) is 0 Å². The molecule has 0 fully saturated rings. The van der Waals surface area contributed by atoms with Crippen molar-refractivity contribution in [1.82, 2.24) is 15.6 Å².